The number of nitrogens with one attached hydrogen (secondary N) is 1. The molecule has 3 rings (SSSR count). The first kappa shape index (κ1) is 21.6. The number of likely N-dealkylation sites (N-methyl/N-ethyl adjacent to an activating group) is 1. The predicted octanol–water partition coefficient (Wildman–Crippen LogP) is 3.58. The van der Waals surface area contributed by atoms with Crippen LogP contribution in [0.1, 0.15) is 41.5 Å². The second-order valence-corrected chi connectivity index (χ2v) is 7.59. The van der Waals surface area contributed by atoms with Gasteiger partial charge in [-0.1, -0.05) is 43.7 Å². The lowest BCUT2D eigenvalue weighted by Crippen LogP contribution is -2.32. The number of aryl methyl sites for hydroxylation is 1. The number of unbranched alkanes of at least 4 members (excludes halogenated alkanes) is 1. The third-order valence-corrected chi connectivity index (χ3v) is 5.32. The molecule has 0 aliphatic heterocycles. The van der Waals surface area contributed by atoms with Gasteiger partial charge in [-0.25, -0.2) is 4.98 Å². The van der Waals surface area contributed by atoms with Crippen molar-refractivity contribution in [1.82, 2.24) is 19.8 Å². The molecule has 0 aliphatic rings. The molecule has 30 heavy (non-hydrogen) atoms. The van der Waals surface area contributed by atoms with E-state index in [0.29, 0.717) is 18.5 Å². The fourth-order valence-electron chi connectivity index (χ4n) is 3.48. The first-order valence-electron chi connectivity index (χ1n) is 10.5. The summed E-state index contributed by atoms with van der Waals surface area (Å²) in [6, 6.07) is 15.4. The molecular weight excluding hydrogens is 376 g/mol. The van der Waals surface area contributed by atoms with E-state index in [-0.39, 0.29) is 18.4 Å². The minimum atomic E-state index is -0.0915. The minimum Gasteiger partial charge on any atom is -0.352 e. The molecular formula is C24H30N4O2. The first-order chi connectivity index (χ1) is 14.5. The topological polar surface area (TPSA) is 67.2 Å². The SMILES string of the molecule is CCCCN(C)C(=O)Cn1c(CCNC(=O)c2ccccc2C)nc2ccccc21. The normalized spacial score (nSPS) is 10.9. The number of rotatable bonds is 9. The quantitative estimate of drug-likeness (QED) is 0.591. The van der Waals surface area contributed by atoms with Crippen molar-refractivity contribution in [3.8, 4) is 0 Å². The Hall–Kier alpha value is -3.15. The van der Waals surface area contributed by atoms with Gasteiger partial charge in [0.2, 0.25) is 5.91 Å². The zero-order valence-corrected chi connectivity index (χ0v) is 18.0. The Kier molecular flexibility index (Phi) is 7.22. The average Bonchev–Trinajstić information content (AvgIpc) is 3.09. The highest BCUT2D eigenvalue weighted by Gasteiger charge is 2.16. The number of para-hydroxylation sites is 2. The van der Waals surface area contributed by atoms with Gasteiger partial charge in [0, 0.05) is 32.1 Å². The smallest absolute Gasteiger partial charge is 0.251 e. The number of imidazole rings is 1. The Morgan fingerprint density at radius 3 is 2.60 bits per heavy atom. The molecule has 2 aromatic carbocycles. The van der Waals surface area contributed by atoms with Crippen molar-refractivity contribution in [3.05, 3.63) is 65.5 Å². The first-order valence-corrected chi connectivity index (χ1v) is 10.5. The molecule has 6 heteroatoms. The Bertz CT molecular complexity index is 1020. The van der Waals surface area contributed by atoms with Gasteiger partial charge in [0.25, 0.3) is 5.91 Å². The molecule has 0 radical (unpaired) electrons. The van der Waals surface area contributed by atoms with Crippen LogP contribution >= 0.6 is 0 Å². The maximum atomic E-state index is 12.7. The molecule has 158 valence electrons. The summed E-state index contributed by atoms with van der Waals surface area (Å²) >= 11 is 0. The Balaban J connectivity index is 1.72. The lowest BCUT2D eigenvalue weighted by molar-refractivity contribution is -0.130. The Morgan fingerprint density at radius 2 is 1.83 bits per heavy atom. The molecule has 1 heterocycles. The molecule has 0 atom stereocenters. The third-order valence-electron chi connectivity index (χ3n) is 5.32. The van der Waals surface area contributed by atoms with E-state index < -0.39 is 0 Å². The van der Waals surface area contributed by atoms with Gasteiger partial charge in [-0.3, -0.25) is 9.59 Å². The number of hydrogen-bond donors (Lipinski definition) is 1. The van der Waals surface area contributed by atoms with Gasteiger partial charge in [-0.05, 0) is 37.1 Å². The van der Waals surface area contributed by atoms with Crippen LogP contribution in [0.3, 0.4) is 0 Å². The van der Waals surface area contributed by atoms with Crippen LogP contribution in [-0.4, -0.2) is 46.4 Å². The molecule has 0 saturated heterocycles. The maximum Gasteiger partial charge on any atom is 0.251 e. The zero-order valence-electron chi connectivity index (χ0n) is 18.0. The van der Waals surface area contributed by atoms with E-state index >= 15 is 0 Å². The van der Waals surface area contributed by atoms with E-state index in [0.717, 1.165) is 41.8 Å². The molecule has 0 spiro atoms. The van der Waals surface area contributed by atoms with Crippen molar-refractivity contribution in [1.29, 1.82) is 0 Å². The Morgan fingerprint density at radius 1 is 1.10 bits per heavy atom. The highest BCUT2D eigenvalue weighted by Crippen LogP contribution is 2.17. The van der Waals surface area contributed by atoms with Crippen LogP contribution < -0.4 is 5.32 Å². The van der Waals surface area contributed by atoms with Crippen molar-refractivity contribution in [2.75, 3.05) is 20.1 Å². The van der Waals surface area contributed by atoms with Crippen molar-refractivity contribution in [3.63, 3.8) is 0 Å². The summed E-state index contributed by atoms with van der Waals surface area (Å²) in [4.78, 5) is 31.7. The van der Waals surface area contributed by atoms with Crippen LogP contribution in [-0.2, 0) is 17.8 Å². The fraction of sp³-hybridized carbons (Fsp3) is 0.375. The van der Waals surface area contributed by atoms with Crippen LogP contribution in [0.5, 0.6) is 0 Å². The lowest BCUT2D eigenvalue weighted by Gasteiger charge is -2.18. The number of carbonyl (C=O) groups excluding carboxylic acids is 2. The molecule has 3 aromatic rings. The molecule has 1 aromatic heterocycles. The van der Waals surface area contributed by atoms with Gasteiger partial charge in [-0.2, -0.15) is 0 Å². The van der Waals surface area contributed by atoms with E-state index in [9.17, 15) is 9.59 Å². The van der Waals surface area contributed by atoms with Crippen LogP contribution in [0.4, 0.5) is 0 Å². The standard InChI is InChI=1S/C24H30N4O2/c1-4-5-16-27(3)23(29)17-28-21-13-9-8-12-20(21)26-22(28)14-15-25-24(30)19-11-7-6-10-18(19)2/h6-13H,4-5,14-17H2,1-3H3,(H,25,30). The summed E-state index contributed by atoms with van der Waals surface area (Å²) in [6.07, 6.45) is 2.60. The molecule has 0 bridgehead atoms. The van der Waals surface area contributed by atoms with E-state index in [2.05, 4.69) is 12.2 Å². The summed E-state index contributed by atoms with van der Waals surface area (Å²) < 4.78 is 1.97. The highest BCUT2D eigenvalue weighted by atomic mass is 16.2. The number of amides is 2. The average molecular weight is 407 g/mol. The molecule has 6 nitrogen and oxygen atoms in total. The summed E-state index contributed by atoms with van der Waals surface area (Å²) in [7, 11) is 1.85. The molecule has 0 aliphatic carbocycles. The van der Waals surface area contributed by atoms with E-state index in [1.807, 2.05) is 67.1 Å². The van der Waals surface area contributed by atoms with Gasteiger partial charge in [0.15, 0.2) is 0 Å². The number of aromatic nitrogens is 2. The van der Waals surface area contributed by atoms with Crippen LogP contribution in [0.15, 0.2) is 48.5 Å². The zero-order chi connectivity index (χ0) is 21.5. The number of hydrogen-bond acceptors (Lipinski definition) is 3. The predicted molar refractivity (Wildman–Crippen MR) is 119 cm³/mol. The monoisotopic (exact) mass is 406 g/mol. The van der Waals surface area contributed by atoms with Crippen molar-refractivity contribution in [2.24, 2.45) is 0 Å². The summed E-state index contributed by atoms with van der Waals surface area (Å²) in [6.45, 7) is 5.50. The maximum absolute atomic E-state index is 12.7. The largest absolute Gasteiger partial charge is 0.352 e. The fourth-order valence-corrected chi connectivity index (χ4v) is 3.48. The van der Waals surface area contributed by atoms with Crippen molar-refractivity contribution >= 4 is 22.8 Å². The summed E-state index contributed by atoms with van der Waals surface area (Å²) in [5, 5.41) is 2.98. The van der Waals surface area contributed by atoms with Gasteiger partial charge >= 0.3 is 0 Å². The van der Waals surface area contributed by atoms with Gasteiger partial charge in [0.05, 0.1) is 11.0 Å². The van der Waals surface area contributed by atoms with Crippen LogP contribution in [0.2, 0.25) is 0 Å². The molecule has 1 N–H and O–H groups in total. The van der Waals surface area contributed by atoms with E-state index in [1.54, 1.807) is 4.90 Å². The van der Waals surface area contributed by atoms with E-state index in [1.165, 1.54) is 0 Å². The van der Waals surface area contributed by atoms with Gasteiger partial charge < -0.3 is 14.8 Å². The van der Waals surface area contributed by atoms with Crippen LogP contribution in [0, 0.1) is 6.92 Å². The van der Waals surface area contributed by atoms with Gasteiger partial charge in [-0.15, -0.1) is 0 Å². The van der Waals surface area contributed by atoms with Crippen molar-refractivity contribution < 1.29 is 9.59 Å². The second kappa shape index (κ2) is 10.1. The molecule has 0 fully saturated rings. The number of carbonyl (C=O) groups is 2. The number of fused-ring (bicyclic) bond motifs is 1. The number of nitrogens with zero attached hydrogens (tertiary/aromatic N) is 3. The highest BCUT2D eigenvalue weighted by molar-refractivity contribution is 5.95. The number of benzene rings is 2. The molecule has 0 unspecified atom stereocenters. The van der Waals surface area contributed by atoms with E-state index in [4.69, 9.17) is 4.98 Å². The third kappa shape index (κ3) is 5.06. The lowest BCUT2D eigenvalue weighted by atomic mass is 10.1. The summed E-state index contributed by atoms with van der Waals surface area (Å²) in [5.41, 5.74) is 3.43. The molecule has 0 saturated carbocycles. The van der Waals surface area contributed by atoms with Crippen molar-refractivity contribution in [2.45, 2.75) is 39.7 Å². The molecule has 2 amide bonds. The summed E-state index contributed by atoms with van der Waals surface area (Å²) in [5.74, 6) is 0.779. The minimum absolute atomic E-state index is 0.0665. The van der Waals surface area contributed by atoms with Gasteiger partial charge in [0.1, 0.15) is 12.4 Å². The second-order valence-electron chi connectivity index (χ2n) is 7.59. The van der Waals surface area contributed by atoms with Crippen LogP contribution in [0.25, 0.3) is 11.0 Å². The Labute approximate surface area is 177 Å².